The average Bonchev–Trinajstić information content (AvgIpc) is 2.93. The van der Waals surface area contributed by atoms with Crippen LogP contribution in [0.15, 0.2) is 54.6 Å². The molecular formula is C22H24N2O5. The summed E-state index contributed by atoms with van der Waals surface area (Å²) in [6.07, 6.45) is 3.95. The first-order valence-electron chi connectivity index (χ1n) is 9.49. The number of nitrogens with one attached hydrogen (secondary N) is 2. The molecule has 29 heavy (non-hydrogen) atoms. The van der Waals surface area contributed by atoms with E-state index in [0.717, 1.165) is 18.5 Å². The minimum atomic E-state index is -0.492. The Bertz CT molecular complexity index is 862. The van der Waals surface area contributed by atoms with Crippen molar-refractivity contribution >= 4 is 18.0 Å². The summed E-state index contributed by atoms with van der Waals surface area (Å²) in [6, 6.07) is 12.1. The van der Waals surface area contributed by atoms with Gasteiger partial charge in [0.2, 0.25) is 0 Å². The molecule has 152 valence electrons. The van der Waals surface area contributed by atoms with E-state index in [1.807, 2.05) is 0 Å². The zero-order valence-electron chi connectivity index (χ0n) is 15.9. The summed E-state index contributed by atoms with van der Waals surface area (Å²) in [7, 11) is 0. The molecular weight excluding hydrogens is 372 g/mol. The molecule has 3 rings (SSSR count). The quantitative estimate of drug-likeness (QED) is 0.456. The molecule has 4 N–H and O–H groups in total. The van der Waals surface area contributed by atoms with Gasteiger partial charge in [-0.3, -0.25) is 4.79 Å². The topological polar surface area (TPSA) is 108 Å². The average molecular weight is 396 g/mol. The van der Waals surface area contributed by atoms with E-state index in [1.165, 1.54) is 42.5 Å². The van der Waals surface area contributed by atoms with Crippen LogP contribution in [0.2, 0.25) is 0 Å². The fraction of sp³-hybridized carbons (Fsp3) is 0.273. The molecule has 2 aromatic carbocycles. The Hall–Kier alpha value is -3.32. The van der Waals surface area contributed by atoms with E-state index in [1.54, 1.807) is 18.2 Å². The van der Waals surface area contributed by atoms with Crippen molar-refractivity contribution in [2.24, 2.45) is 0 Å². The molecule has 0 bridgehead atoms. The Morgan fingerprint density at radius 2 is 1.69 bits per heavy atom. The molecule has 1 heterocycles. The zero-order valence-corrected chi connectivity index (χ0v) is 15.9. The first kappa shape index (κ1) is 20.4. The number of aromatic hydroxyl groups is 2. The summed E-state index contributed by atoms with van der Waals surface area (Å²) in [6.45, 7) is 1.27. The molecule has 0 radical (unpaired) electrons. The summed E-state index contributed by atoms with van der Waals surface area (Å²) in [4.78, 5) is 24.8. The maximum absolute atomic E-state index is 12.5. The SMILES string of the molecule is O=C(C=Cc1ccc(O)cc1)O[C@@H]1CCCNC[C@H]1NC(=O)c1ccc(O)cc1. The molecule has 7 nitrogen and oxygen atoms in total. The second-order valence-electron chi connectivity index (χ2n) is 6.87. The van der Waals surface area contributed by atoms with Gasteiger partial charge < -0.3 is 25.6 Å². The predicted octanol–water partition coefficient (Wildman–Crippen LogP) is 2.20. The van der Waals surface area contributed by atoms with Crippen LogP contribution in [0, 0.1) is 0 Å². The highest BCUT2D eigenvalue weighted by molar-refractivity contribution is 5.94. The molecule has 1 aliphatic heterocycles. The molecule has 7 heteroatoms. The van der Waals surface area contributed by atoms with Crippen LogP contribution < -0.4 is 10.6 Å². The minimum absolute atomic E-state index is 0.0879. The van der Waals surface area contributed by atoms with Crippen LogP contribution in [0.1, 0.15) is 28.8 Å². The summed E-state index contributed by atoms with van der Waals surface area (Å²) in [5.41, 5.74) is 1.18. The van der Waals surface area contributed by atoms with Crippen molar-refractivity contribution in [2.75, 3.05) is 13.1 Å². The van der Waals surface area contributed by atoms with Crippen LogP contribution in [0.4, 0.5) is 0 Å². The maximum atomic E-state index is 12.5. The number of hydrogen-bond acceptors (Lipinski definition) is 6. The lowest BCUT2D eigenvalue weighted by atomic mass is 10.1. The number of phenols is 2. The summed E-state index contributed by atoms with van der Waals surface area (Å²) in [5.74, 6) is -0.541. The fourth-order valence-electron chi connectivity index (χ4n) is 3.11. The van der Waals surface area contributed by atoms with Gasteiger partial charge in [0.05, 0.1) is 6.04 Å². The highest BCUT2D eigenvalue weighted by Gasteiger charge is 2.28. The first-order chi connectivity index (χ1) is 14.0. The molecule has 2 atom stereocenters. The second-order valence-corrected chi connectivity index (χ2v) is 6.87. The normalized spacial score (nSPS) is 19.4. The van der Waals surface area contributed by atoms with Crippen molar-refractivity contribution in [3.05, 3.63) is 65.7 Å². The van der Waals surface area contributed by atoms with Crippen molar-refractivity contribution in [1.29, 1.82) is 0 Å². The maximum Gasteiger partial charge on any atom is 0.331 e. The van der Waals surface area contributed by atoms with Gasteiger partial charge in [0, 0.05) is 18.2 Å². The number of carbonyl (C=O) groups excluding carboxylic acids is 2. The van der Waals surface area contributed by atoms with Crippen molar-refractivity contribution < 1.29 is 24.5 Å². The highest BCUT2D eigenvalue weighted by Crippen LogP contribution is 2.15. The Balaban J connectivity index is 1.63. The third-order valence-electron chi connectivity index (χ3n) is 4.67. The Morgan fingerprint density at radius 3 is 2.38 bits per heavy atom. The standard InChI is InChI=1S/C22H24N2O5/c25-17-8-3-15(4-9-17)5-12-21(27)29-20-2-1-13-23-14-19(20)24-22(28)16-6-10-18(26)11-7-16/h3-12,19-20,23,25-26H,1-2,13-14H2,(H,24,28)/t19-,20-/m1/s1. The van der Waals surface area contributed by atoms with Crippen LogP contribution in [0.5, 0.6) is 11.5 Å². The third-order valence-corrected chi connectivity index (χ3v) is 4.67. The Morgan fingerprint density at radius 1 is 1.03 bits per heavy atom. The number of ether oxygens (including phenoxy) is 1. The van der Waals surface area contributed by atoms with Crippen molar-refractivity contribution in [3.63, 3.8) is 0 Å². The monoisotopic (exact) mass is 396 g/mol. The lowest BCUT2D eigenvalue weighted by molar-refractivity contribution is -0.144. The largest absolute Gasteiger partial charge is 0.508 e. The van der Waals surface area contributed by atoms with E-state index in [-0.39, 0.29) is 23.4 Å². The number of benzene rings is 2. The number of phenolic OH excluding ortho intramolecular Hbond substituents is 2. The van der Waals surface area contributed by atoms with Gasteiger partial charge in [-0.05, 0) is 67.4 Å². The molecule has 1 aliphatic rings. The molecule has 1 amide bonds. The molecule has 0 aromatic heterocycles. The molecule has 0 aliphatic carbocycles. The Labute approximate surface area is 169 Å². The molecule has 0 saturated carbocycles. The number of carbonyl (C=O) groups is 2. The van der Waals surface area contributed by atoms with Gasteiger partial charge in [-0.25, -0.2) is 4.79 Å². The van der Waals surface area contributed by atoms with E-state index >= 15 is 0 Å². The molecule has 1 saturated heterocycles. The van der Waals surface area contributed by atoms with Gasteiger partial charge in [-0.1, -0.05) is 12.1 Å². The van der Waals surface area contributed by atoms with E-state index in [0.29, 0.717) is 18.5 Å². The zero-order chi connectivity index (χ0) is 20.6. The summed E-state index contributed by atoms with van der Waals surface area (Å²) >= 11 is 0. The van der Waals surface area contributed by atoms with Gasteiger partial charge in [0.1, 0.15) is 17.6 Å². The van der Waals surface area contributed by atoms with Crippen LogP contribution in [-0.2, 0) is 9.53 Å². The van der Waals surface area contributed by atoms with Crippen LogP contribution in [0.25, 0.3) is 6.08 Å². The second kappa shape index (κ2) is 9.75. The number of amides is 1. The van der Waals surface area contributed by atoms with Crippen LogP contribution >= 0.6 is 0 Å². The van der Waals surface area contributed by atoms with Crippen molar-refractivity contribution in [3.8, 4) is 11.5 Å². The lowest BCUT2D eigenvalue weighted by Crippen LogP contribution is -2.49. The highest BCUT2D eigenvalue weighted by atomic mass is 16.5. The van der Waals surface area contributed by atoms with E-state index < -0.39 is 12.1 Å². The summed E-state index contributed by atoms with van der Waals surface area (Å²) < 4.78 is 5.62. The van der Waals surface area contributed by atoms with Crippen LogP contribution in [-0.4, -0.2) is 47.3 Å². The minimum Gasteiger partial charge on any atom is -0.508 e. The van der Waals surface area contributed by atoms with E-state index in [2.05, 4.69) is 10.6 Å². The summed E-state index contributed by atoms with van der Waals surface area (Å²) in [5, 5.41) is 24.8. The lowest BCUT2D eigenvalue weighted by Gasteiger charge is -2.25. The smallest absolute Gasteiger partial charge is 0.331 e. The first-order valence-corrected chi connectivity index (χ1v) is 9.49. The van der Waals surface area contributed by atoms with Gasteiger partial charge in [-0.15, -0.1) is 0 Å². The fourth-order valence-corrected chi connectivity index (χ4v) is 3.11. The molecule has 2 aromatic rings. The molecule has 0 spiro atoms. The van der Waals surface area contributed by atoms with E-state index in [4.69, 9.17) is 4.74 Å². The Kier molecular flexibility index (Phi) is 6.86. The van der Waals surface area contributed by atoms with Gasteiger partial charge in [0.25, 0.3) is 5.91 Å². The van der Waals surface area contributed by atoms with Crippen molar-refractivity contribution in [2.45, 2.75) is 25.0 Å². The van der Waals surface area contributed by atoms with Crippen LogP contribution in [0.3, 0.4) is 0 Å². The molecule has 0 unspecified atom stereocenters. The predicted molar refractivity (Wildman–Crippen MR) is 108 cm³/mol. The van der Waals surface area contributed by atoms with Crippen molar-refractivity contribution in [1.82, 2.24) is 10.6 Å². The number of rotatable bonds is 5. The van der Waals surface area contributed by atoms with Gasteiger partial charge in [-0.2, -0.15) is 0 Å². The third kappa shape index (κ3) is 6.08. The van der Waals surface area contributed by atoms with Gasteiger partial charge >= 0.3 is 5.97 Å². The van der Waals surface area contributed by atoms with Gasteiger partial charge in [0.15, 0.2) is 0 Å². The van der Waals surface area contributed by atoms with E-state index in [9.17, 15) is 19.8 Å². The molecule has 1 fully saturated rings. The number of esters is 1. The number of hydrogen-bond donors (Lipinski definition) is 4.